The summed E-state index contributed by atoms with van der Waals surface area (Å²) in [4.78, 5) is 27.7. The molecule has 0 radical (unpaired) electrons. The van der Waals surface area contributed by atoms with Crippen LogP contribution in [0.4, 0.5) is 4.79 Å². The van der Waals surface area contributed by atoms with Gasteiger partial charge in [0, 0.05) is 6.42 Å². The number of benzene rings is 2. The number of carbonyl (C=O) groups is 2. The highest BCUT2D eigenvalue weighted by molar-refractivity contribution is 5.73. The van der Waals surface area contributed by atoms with E-state index >= 15 is 0 Å². The molecule has 0 bridgehead atoms. The number of carboxylic acids is 1. The molecule has 6 heteroatoms. The minimum atomic E-state index is -1.19. The number of carboxylic acid groups (broad SMARTS) is 1. The maximum Gasteiger partial charge on any atom is 0.431 e. The SMILES string of the molecule is O=C(NOC(Cc1ccccc1)C(=O)O)OCc1ccccc1. The lowest BCUT2D eigenvalue weighted by Crippen LogP contribution is -2.36. The molecule has 0 fully saturated rings. The molecule has 2 aromatic carbocycles. The third kappa shape index (κ3) is 5.80. The zero-order chi connectivity index (χ0) is 16.5. The molecule has 0 heterocycles. The third-order valence-electron chi connectivity index (χ3n) is 3.04. The van der Waals surface area contributed by atoms with E-state index in [1.54, 1.807) is 24.3 Å². The molecule has 6 nitrogen and oxygen atoms in total. The summed E-state index contributed by atoms with van der Waals surface area (Å²) in [5.74, 6) is -1.17. The highest BCUT2D eigenvalue weighted by atomic mass is 16.7. The number of hydrogen-bond donors (Lipinski definition) is 2. The molecule has 1 unspecified atom stereocenters. The molecule has 0 saturated heterocycles. The van der Waals surface area contributed by atoms with Crippen LogP contribution in [0, 0.1) is 0 Å². The summed E-state index contributed by atoms with van der Waals surface area (Å²) in [5, 5.41) is 9.14. The molecule has 2 N–H and O–H groups in total. The Morgan fingerprint density at radius 2 is 1.52 bits per heavy atom. The fourth-order valence-corrected chi connectivity index (χ4v) is 1.88. The van der Waals surface area contributed by atoms with Gasteiger partial charge < -0.3 is 9.84 Å². The normalized spacial score (nSPS) is 11.5. The Balaban J connectivity index is 1.79. The molecule has 0 spiro atoms. The van der Waals surface area contributed by atoms with E-state index in [-0.39, 0.29) is 13.0 Å². The van der Waals surface area contributed by atoms with Gasteiger partial charge in [0.2, 0.25) is 0 Å². The first-order valence-corrected chi connectivity index (χ1v) is 7.04. The van der Waals surface area contributed by atoms with Gasteiger partial charge in [-0.1, -0.05) is 60.7 Å². The Kier molecular flexibility index (Phi) is 6.14. The fraction of sp³-hybridized carbons (Fsp3) is 0.176. The molecular weight excluding hydrogens is 298 g/mol. The fourth-order valence-electron chi connectivity index (χ4n) is 1.88. The Hall–Kier alpha value is -2.86. The van der Waals surface area contributed by atoms with Crippen LogP contribution in [0.5, 0.6) is 0 Å². The van der Waals surface area contributed by atoms with Crippen molar-refractivity contribution in [2.24, 2.45) is 0 Å². The summed E-state index contributed by atoms with van der Waals surface area (Å²) < 4.78 is 4.94. The highest BCUT2D eigenvalue weighted by Gasteiger charge is 2.20. The molecule has 2 rings (SSSR count). The molecule has 1 amide bonds. The van der Waals surface area contributed by atoms with E-state index in [4.69, 9.17) is 14.7 Å². The first-order chi connectivity index (χ1) is 11.1. The van der Waals surface area contributed by atoms with Crippen molar-refractivity contribution in [2.75, 3.05) is 0 Å². The van der Waals surface area contributed by atoms with Gasteiger partial charge in [0.05, 0.1) is 0 Å². The zero-order valence-corrected chi connectivity index (χ0v) is 12.3. The van der Waals surface area contributed by atoms with Crippen molar-refractivity contribution in [2.45, 2.75) is 19.1 Å². The lowest BCUT2D eigenvalue weighted by Gasteiger charge is -2.14. The van der Waals surface area contributed by atoms with Gasteiger partial charge >= 0.3 is 12.1 Å². The number of aliphatic carboxylic acids is 1. The summed E-state index contributed by atoms with van der Waals surface area (Å²) in [6.45, 7) is 0.0758. The number of amides is 1. The van der Waals surface area contributed by atoms with E-state index in [1.165, 1.54) is 0 Å². The Bertz CT molecular complexity index is 630. The number of ether oxygens (including phenoxy) is 1. The first kappa shape index (κ1) is 16.5. The molecule has 0 aliphatic heterocycles. The van der Waals surface area contributed by atoms with Gasteiger partial charge in [0.25, 0.3) is 0 Å². The van der Waals surface area contributed by atoms with E-state index in [0.717, 1.165) is 11.1 Å². The van der Waals surface area contributed by atoms with Crippen molar-refractivity contribution in [3.63, 3.8) is 0 Å². The van der Waals surface area contributed by atoms with Crippen LogP contribution < -0.4 is 5.48 Å². The number of carbonyl (C=O) groups excluding carboxylic acids is 1. The van der Waals surface area contributed by atoms with Gasteiger partial charge in [0.15, 0.2) is 6.10 Å². The lowest BCUT2D eigenvalue weighted by atomic mass is 10.1. The standard InChI is InChI=1S/C17H17NO5/c19-16(20)15(11-13-7-3-1-4-8-13)23-18-17(21)22-12-14-9-5-2-6-10-14/h1-10,15H,11-12H2,(H,18,21)(H,19,20). The van der Waals surface area contributed by atoms with Crippen LogP contribution in [0.15, 0.2) is 60.7 Å². The quantitative estimate of drug-likeness (QED) is 0.767. The largest absolute Gasteiger partial charge is 0.479 e. The first-order valence-electron chi connectivity index (χ1n) is 7.04. The molecule has 0 aromatic heterocycles. The molecule has 0 aliphatic rings. The average Bonchev–Trinajstić information content (AvgIpc) is 2.58. The molecular formula is C17H17NO5. The van der Waals surface area contributed by atoms with Gasteiger partial charge in [-0.3, -0.25) is 4.84 Å². The van der Waals surface area contributed by atoms with Crippen molar-refractivity contribution < 1.29 is 24.3 Å². The molecule has 120 valence electrons. The number of nitrogens with one attached hydrogen (secondary N) is 1. The zero-order valence-electron chi connectivity index (χ0n) is 12.3. The van der Waals surface area contributed by atoms with Crippen LogP contribution in [0.25, 0.3) is 0 Å². The highest BCUT2D eigenvalue weighted by Crippen LogP contribution is 2.06. The topological polar surface area (TPSA) is 84.9 Å². The van der Waals surface area contributed by atoms with Gasteiger partial charge in [0.1, 0.15) is 6.61 Å². The smallest absolute Gasteiger partial charge is 0.431 e. The predicted octanol–water partition coefficient (Wildman–Crippen LogP) is 2.54. The second kappa shape index (κ2) is 8.55. The molecule has 0 aliphatic carbocycles. The summed E-state index contributed by atoms with van der Waals surface area (Å²) in [5.41, 5.74) is 3.62. The Morgan fingerprint density at radius 1 is 0.957 bits per heavy atom. The molecule has 0 saturated carbocycles. The van der Waals surface area contributed by atoms with Gasteiger partial charge in [-0.05, 0) is 11.1 Å². The maximum absolute atomic E-state index is 11.5. The van der Waals surface area contributed by atoms with Crippen LogP contribution in [0.3, 0.4) is 0 Å². The van der Waals surface area contributed by atoms with E-state index < -0.39 is 18.2 Å². The summed E-state index contributed by atoms with van der Waals surface area (Å²) in [7, 11) is 0. The minimum Gasteiger partial charge on any atom is -0.479 e. The number of rotatable bonds is 7. The monoisotopic (exact) mass is 315 g/mol. The van der Waals surface area contributed by atoms with Crippen molar-refractivity contribution in [3.05, 3.63) is 71.8 Å². The van der Waals surface area contributed by atoms with Crippen molar-refractivity contribution in [3.8, 4) is 0 Å². The van der Waals surface area contributed by atoms with E-state index in [9.17, 15) is 9.59 Å². The Morgan fingerprint density at radius 3 is 2.09 bits per heavy atom. The molecule has 1 atom stereocenters. The van der Waals surface area contributed by atoms with Crippen molar-refractivity contribution >= 4 is 12.1 Å². The van der Waals surface area contributed by atoms with Crippen molar-refractivity contribution in [1.29, 1.82) is 0 Å². The summed E-state index contributed by atoms with van der Waals surface area (Å²) in [6.07, 6.45) is -1.90. The van der Waals surface area contributed by atoms with Crippen LogP contribution in [0.1, 0.15) is 11.1 Å². The van der Waals surface area contributed by atoms with Gasteiger partial charge in [-0.15, -0.1) is 0 Å². The lowest BCUT2D eigenvalue weighted by molar-refractivity contribution is -0.154. The molecule has 23 heavy (non-hydrogen) atoms. The second-order valence-electron chi connectivity index (χ2n) is 4.80. The average molecular weight is 315 g/mol. The molecule has 2 aromatic rings. The van der Waals surface area contributed by atoms with Crippen LogP contribution in [-0.4, -0.2) is 23.3 Å². The van der Waals surface area contributed by atoms with E-state index in [1.807, 2.05) is 41.9 Å². The van der Waals surface area contributed by atoms with Gasteiger partial charge in [-0.25, -0.2) is 9.59 Å². The maximum atomic E-state index is 11.5. The second-order valence-corrected chi connectivity index (χ2v) is 4.80. The van der Waals surface area contributed by atoms with Crippen LogP contribution in [-0.2, 0) is 27.4 Å². The van der Waals surface area contributed by atoms with Crippen molar-refractivity contribution in [1.82, 2.24) is 5.48 Å². The number of hydrogen-bond acceptors (Lipinski definition) is 4. The van der Waals surface area contributed by atoms with Crippen LogP contribution >= 0.6 is 0 Å². The van der Waals surface area contributed by atoms with E-state index in [2.05, 4.69) is 0 Å². The summed E-state index contributed by atoms with van der Waals surface area (Å²) in [6, 6.07) is 18.1. The third-order valence-corrected chi connectivity index (χ3v) is 3.04. The van der Waals surface area contributed by atoms with E-state index in [0.29, 0.717) is 0 Å². The number of hydroxylamine groups is 1. The Labute approximate surface area is 133 Å². The summed E-state index contributed by atoms with van der Waals surface area (Å²) >= 11 is 0. The van der Waals surface area contributed by atoms with Gasteiger partial charge in [-0.2, -0.15) is 5.48 Å². The predicted molar refractivity (Wildman–Crippen MR) is 82.4 cm³/mol. The minimum absolute atomic E-state index is 0.0758. The van der Waals surface area contributed by atoms with Crippen LogP contribution in [0.2, 0.25) is 0 Å².